The van der Waals surface area contributed by atoms with Gasteiger partial charge in [0.2, 0.25) is 0 Å². The summed E-state index contributed by atoms with van der Waals surface area (Å²) in [6.45, 7) is 3.25. The predicted octanol–water partition coefficient (Wildman–Crippen LogP) is 5.65. The molecule has 0 fully saturated rings. The highest BCUT2D eigenvalue weighted by Gasteiger charge is 2.13. The maximum Gasteiger partial charge on any atom is 0.115 e. The molecule has 0 saturated carbocycles. The van der Waals surface area contributed by atoms with Gasteiger partial charge in [0.15, 0.2) is 0 Å². The Morgan fingerprint density at radius 3 is 2.14 bits per heavy atom. The normalized spacial score (nSPS) is 12.1. The van der Waals surface area contributed by atoms with Gasteiger partial charge in [-0.25, -0.2) is 0 Å². The Morgan fingerprint density at radius 2 is 1.55 bits per heavy atom. The van der Waals surface area contributed by atoms with Crippen molar-refractivity contribution in [2.24, 2.45) is 0 Å². The van der Waals surface area contributed by atoms with Gasteiger partial charge in [0.05, 0.1) is 0 Å². The van der Waals surface area contributed by atoms with Crippen LogP contribution in [0.1, 0.15) is 42.1 Å². The molecular weight excluding hydrogens is 356 g/mol. The molecular formula is C26H30N2O. The Labute approximate surface area is 174 Å². The molecule has 0 saturated heterocycles. The maximum atomic E-state index is 9.75. The van der Waals surface area contributed by atoms with E-state index in [4.69, 9.17) is 4.98 Å². The van der Waals surface area contributed by atoms with Gasteiger partial charge in [-0.1, -0.05) is 55.5 Å². The monoisotopic (exact) mass is 386 g/mol. The van der Waals surface area contributed by atoms with E-state index >= 15 is 0 Å². The number of aryl methyl sites for hydroxylation is 1. The van der Waals surface area contributed by atoms with Crippen molar-refractivity contribution < 1.29 is 5.11 Å². The van der Waals surface area contributed by atoms with E-state index < -0.39 is 0 Å². The Bertz CT molecular complexity index is 927. The fraction of sp³-hybridized carbons (Fsp3) is 0.269. The Hall–Kier alpha value is -2.91. The van der Waals surface area contributed by atoms with E-state index in [9.17, 15) is 5.11 Å². The van der Waals surface area contributed by atoms with Crippen LogP contribution in [0.2, 0.25) is 0 Å². The summed E-state index contributed by atoms with van der Waals surface area (Å²) >= 11 is 0. The Balaban J connectivity index is 2.02. The van der Waals surface area contributed by atoms with E-state index in [1.807, 2.05) is 24.4 Å². The van der Waals surface area contributed by atoms with Gasteiger partial charge in [-0.05, 0) is 80.4 Å². The molecule has 0 spiro atoms. The molecule has 0 aliphatic carbocycles. The standard InChI is InChI=1S/C26H30N2O/c1-4-25(20-9-6-5-7-10-20)26(21-13-16-24(29)17-14-21)22-12-15-23(27-19-22)11-8-18-28(2)3/h5-7,9-10,12-17,19,29H,4,8,11,18H2,1-3H3/b26-25-. The van der Waals surface area contributed by atoms with Crippen molar-refractivity contribution in [2.75, 3.05) is 20.6 Å². The van der Waals surface area contributed by atoms with E-state index in [0.717, 1.165) is 42.6 Å². The van der Waals surface area contributed by atoms with Gasteiger partial charge in [0.25, 0.3) is 0 Å². The summed E-state index contributed by atoms with van der Waals surface area (Å²) in [7, 11) is 4.20. The molecule has 29 heavy (non-hydrogen) atoms. The summed E-state index contributed by atoms with van der Waals surface area (Å²) in [5.74, 6) is 0.278. The second-order valence-electron chi connectivity index (χ2n) is 7.57. The highest BCUT2D eigenvalue weighted by atomic mass is 16.3. The summed E-state index contributed by atoms with van der Waals surface area (Å²) in [4.78, 5) is 6.95. The fourth-order valence-corrected chi connectivity index (χ4v) is 3.60. The van der Waals surface area contributed by atoms with E-state index in [1.165, 1.54) is 16.7 Å². The number of phenols is 1. The van der Waals surface area contributed by atoms with Gasteiger partial charge in [0.1, 0.15) is 5.75 Å². The first-order chi connectivity index (χ1) is 14.1. The Kier molecular flexibility index (Phi) is 7.20. The molecule has 3 heteroatoms. The average Bonchev–Trinajstić information content (AvgIpc) is 2.74. The molecule has 0 aliphatic rings. The molecule has 0 radical (unpaired) electrons. The van der Waals surface area contributed by atoms with Crippen LogP contribution in [0, 0.1) is 0 Å². The van der Waals surface area contributed by atoms with Crippen LogP contribution in [-0.4, -0.2) is 35.6 Å². The third-order valence-electron chi connectivity index (χ3n) is 5.09. The van der Waals surface area contributed by atoms with Gasteiger partial charge in [-0.3, -0.25) is 4.98 Å². The van der Waals surface area contributed by atoms with E-state index in [0.29, 0.717) is 0 Å². The van der Waals surface area contributed by atoms with Crippen molar-refractivity contribution in [1.29, 1.82) is 0 Å². The maximum absolute atomic E-state index is 9.75. The third-order valence-corrected chi connectivity index (χ3v) is 5.09. The number of nitrogens with zero attached hydrogens (tertiary/aromatic N) is 2. The lowest BCUT2D eigenvalue weighted by molar-refractivity contribution is 0.399. The van der Waals surface area contributed by atoms with Crippen LogP contribution in [-0.2, 0) is 6.42 Å². The highest BCUT2D eigenvalue weighted by molar-refractivity contribution is 5.98. The largest absolute Gasteiger partial charge is 0.508 e. The molecule has 0 unspecified atom stereocenters. The molecule has 1 heterocycles. The lowest BCUT2D eigenvalue weighted by atomic mass is 9.89. The zero-order valence-corrected chi connectivity index (χ0v) is 17.6. The number of aromatic hydroxyl groups is 1. The average molecular weight is 387 g/mol. The molecule has 3 nitrogen and oxygen atoms in total. The first kappa shape index (κ1) is 20.8. The van der Waals surface area contributed by atoms with Crippen LogP contribution < -0.4 is 0 Å². The number of benzene rings is 2. The van der Waals surface area contributed by atoms with Gasteiger partial charge in [-0.15, -0.1) is 0 Å². The van der Waals surface area contributed by atoms with Crippen LogP contribution in [0.15, 0.2) is 72.9 Å². The van der Waals surface area contributed by atoms with Gasteiger partial charge in [-0.2, -0.15) is 0 Å². The third kappa shape index (κ3) is 5.55. The van der Waals surface area contributed by atoms with E-state index in [1.54, 1.807) is 12.1 Å². The quantitative estimate of drug-likeness (QED) is 0.508. The molecule has 0 aliphatic heterocycles. The summed E-state index contributed by atoms with van der Waals surface area (Å²) in [5, 5.41) is 9.75. The topological polar surface area (TPSA) is 36.4 Å². The minimum atomic E-state index is 0.278. The summed E-state index contributed by atoms with van der Waals surface area (Å²) < 4.78 is 0. The predicted molar refractivity (Wildman–Crippen MR) is 122 cm³/mol. The molecule has 0 bridgehead atoms. The molecule has 0 atom stereocenters. The SMILES string of the molecule is CC/C(=C(\c1ccc(O)cc1)c1ccc(CCCN(C)C)nc1)c1ccccc1. The number of allylic oxidation sites excluding steroid dienone is 1. The van der Waals surface area contributed by atoms with Crippen molar-refractivity contribution in [3.05, 3.63) is 95.3 Å². The zero-order chi connectivity index (χ0) is 20.6. The van der Waals surface area contributed by atoms with Crippen molar-refractivity contribution >= 4 is 11.1 Å². The molecule has 3 aromatic rings. The van der Waals surface area contributed by atoms with Crippen molar-refractivity contribution in [2.45, 2.75) is 26.2 Å². The number of pyridine rings is 1. The lowest BCUT2D eigenvalue weighted by Crippen LogP contribution is -2.13. The number of hydrogen-bond acceptors (Lipinski definition) is 3. The van der Waals surface area contributed by atoms with Crippen LogP contribution in [0.4, 0.5) is 0 Å². The molecule has 1 aromatic heterocycles. The molecule has 150 valence electrons. The van der Waals surface area contributed by atoms with Gasteiger partial charge in [0, 0.05) is 17.5 Å². The minimum absolute atomic E-state index is 0.278. The molecule has 1 N–H and O–H groups in total. The van der Waals surface area contributed by atoms with Crippen LogP contribution in [0.3, 0.4) is 0 Å². The highest BCUT2D eigenvalue weighted by Crippen LogP contribution is 2.34. The minimum Gasteiger partial charge on any atom is -0.508 e. The summed E-state index contributed by atoms with van der Waals surface area (Å²) in [6.07, 6.45) is 4.98. The van der Waals surface area contributed by atoms with Crippen LogP contribution >= 0.6 is 0 Å². The Morgan fingerprint density at radius 1 is 0.862 bits per heavy atom. The molecule has 2 aromatic carbocycles. The first-order valence-electron chi connectivity index (χ1n) is 10.3. The van der Waals surface area contributed by atoms with Crippen molar-refractivity contribution in [3.63, 3.8) is 0 Å². The van der Waals surface area contributed by atoms with Crippen LogP contribution in [0.5, 0.6) is 5.75 Å². The summed E-state index contributed by atoms with van der Waals surface area (Å²) in [5.41, 5.74) is 6.98. The van der Waals surface area contributed by atoms with E-state index in [2.05, 4.69) is 62.3 Å². The zero-order valence-electron chi connectivity index (χ0n) is 17.6. The second-order valence-corrected chi connectivity index (χ2v) is 7.57. The number of phenolic OH excluding ortho intramolecular Hbond substituents is 1. The lowest BCUT2D eigenvalue weighted by Gasteiger charge is -2.16. The number of rotatable bonds is 8. The fourth-order valence-electron chi connectivity index (χ4n) is 3.60. The second kappa shape index (κ2) is 10.0. The smallest absolute Gasteiger partial charge is 0.115 e. The molecule has 3 rings (SSSR count). The van der Waals surface area contributed by atoms with Gasteiger partial charge < -0.3 is 10.0 Å². The van der Waals surface area contributed by atoms with Crippen molar-refractivity contribution in [1.82, 2.24) is 9.88 Å². The first-order valence-corrected chi connectivity index (χ1v) is 10.3. The van der Waals surface area contributed by atoms with Gasteiger partial charge >= 0.3 is 0 Å². The summed E-state index contributed by atoms with van der Waals surface area (Å²) in [6, 6.07) is 22.3. The van der Waals surface area contributed by atoms with Crippen molar-refractivity contribution in [3.8, 4) is 5.75 Å². The molecule has 0 amide bonds. The van der Waals surface area contributed by atoms with Crippen LogP contribution in [0.25, 0.3) is 11.1 Å². The number of aromatic nitrogens is 1. The van der Waals surface area contributed by atoms with E-state index in [-0.39, 0.29) is 5.75 Å². The number of hydrogen-bond donors (Lipinski definition) is 1.